The zero-order valence-electron chi connectivity index (χ0n) is 9.67. The minimum Gasteiger partial charge on any atom is -0.380 e. The Bertz CT molecular complexity index is 141. The fourth-order valence-electron chi connectivity index (χ4n) is 1.82. The van der Waals surface area contributed by atoms with Crippen molar-refractivity contribution in [3.05, 3.63) is 0 Å². The molecule has 0 saturated carbocycles. The van der Waals surface area contributed by atoms with Gasteiger partial charge in [-0.2, -0.15) is 0 Å². The van der Waals surface area contributed by atoms with Crippen LogP contribution < -0.4 is 0 Å². The predicted octanol–water partition coefficient (Wildman–Crippen LogP) is 1.05. The van der Waals surface area contributed by atoms with Crippen molar-refractivity contribution in [2.24, 2.45) is 0 Å². The van der Waals surface area contributed by atoms with Crippen molar-refractivity contribution in [2.75, 3.05) is 53.0 Å². The highest BCUT2D eigenvalue weighted by Gasteiger charge is 2.05. The molecule has 0 bridgehead atoms. The molecule has 1 heterocycles. The fourth-order valence-corrected chi connectivity index (χ4v) is 1.82. The van der Waals surface area contributed by atoms with E-state index in [4.69, 9.17) is 4.74 Å². The van der Waals surface area contributed by atoms with Gasteiger partial charge in [0.2, 0.25) is 0 Å². The molecule has 3 heteroatoms. The molecule has 84 valence electrons. The van der Waals surface area contributed by atoms with Crippen LogP contribution in [0.2, 0.25) is 0 Å². The molecule has 0 atom stereocenters. The Hall–Kier alpha value is -0.120. The first-order valence-corrected chi connectivity index (χ1v) is 5.81. The van der Waals surface area contributed by atoms with Crippen LogP contribution in [0.4, 0.5) is 0 Å². The summed E-state index contributed by atoms with van der Waals surface area (Å²) in [6, 6.07) is 0. The molecule has 0 amide bonds. The van der Waals surface area contributed by atoms with Gasteiger partial charge < -0.3 is 14.5 Å². The molecule has 0 radical (unpaired) electrons. The summed E-state index contributed by atoms with van der Waals surface area (Å²) >= 11 is 0. The lowest BCUT2D eigenvalue weighted by atomic mass is 10.3. The molecule has 0 aromatic rings. The van der Waals surface area contributed by atoms with Crippen molar-refractivity contribution in [3.8, 4) is 0 Å². The van der Waals surface area contributed by atoms with E-state index in [1.165, 1.54) is 39.0 Å². The van der Waals surface area contributed by atoms with Crippen molar-refractivity contribution in [2.45, 2.75) is 19.8 Å². The number of hydrogen-bond donors (Lipinski definition) is 0. The van der Waals surface area contributed by atoms with Gasteiger partial charge in [0, 0.05) is 19.7 Å². The van der Waals surface area contributed by atoms with Crippen molar-refractivity contribution < 1.29 is 4.74 Å². The van der Waals surface area contributed by atoms with E-state index in [0.29, 0.717) is 0 Å². The highest BCUT2D eigenvalue weighted by atomic mass is 16.5. The third-order valence-electron chi connectivity index (χ3n) is 2.84. The molecule has 0 aliphatic carbocycles. The van der Waals surface area contributed by atoms with Crippen molar-refractivity contribution in [1.29, 1.82) is 0 Å². The normalized spacial score (nSPS) is 24.4. The lowest BCUT2D eigenvalue weighted by Gasteiger charge is -2.20. The fraction of sp³-hybridized carbons (Fsp3) is 1.00. The maximum Gasteiger partial charge on any atom is 0.0593 e. The summed E-state index contributed by atoms with van der Waals surface area (Å²) in [6.45, 7) is 9.92. The third-order valence-corrected chi connectivity index (χ3v) is 2.84. The van der Waals surface area contributed by atoms with E-state index in [1.807, 2.05) is 0 Å². The van der Waals surface area contributed by atoms with Crippen LogP contribution in [0.1, 0.15) is 19.8 Å². The lowest BCUT2D eigenvalue weighted by molar-refractivity contribution is 0.108. The van der Waals surface area contributed by atoms with Crippen LogP contribution in [-0.4, -0.2) is 62.8 Å². The Morgan fingerprint density at radius 2 is 1.79 bits per heavy atom. The van der Waals surface area contributed by atoms with Gasteiger partial charge in [-0.15, -0.1) is 0 Å². The molecule has 1 saturated heterocycles. The van der Waals surface area contributed by atoms with Crippen molar-refractivity contribution >= 4 is 0 Å². The van der Waals surface area contributed by atoms with Gasteiger partial charge >= 0.3 is 0 Å². The Morgan fingerprint density at radius 3 is 2.57 bits per heavy atom. The average molecular weight is 200 g/mol. The topological polar surface area (TPSA) is 15.7 Å². The van der Waals surface area contributed by atoms with Gasteiger partial charge in [0.25, 0.3) is 0 Å². The Morgan fingerprint density at radius 1 is 1.00 bits per heavy atom. The largest absolute Gasteiger partial charge is 0.380 e. The minimum atomic E-state index is 0.891. The molecule has 1 aliphatic rings. The Labute approximate surface area is 88.0 Å². The zero-order valence-corrected chi connectivity index (χ0v) is 9.67. The van der Waals surface area contributed by atoms with E-state index in [1.54, 1.807) is 0 Å². The standard InChI is InChI=1S/C11H24N2O/c1-3-13-7-4-6-12(2)9-11-14-10-5-8-13/h3-11H2,1-2H3. The molecule has 14 heavy (non-hydrogen) atoms. The quantitative estimate of drug-likeness (QED) is 0.629. The summed E-state index contributed by atoms with van der Waals surface area (Å²) in [5, 5.41) is 0. The van der Waals surface area contributed by atoms with Crippen molar-refractivity contribution in [1.82, 2.24) is 9.80 Å². The number of nitrogens with zero attached hydrogens (tertiary/aromatic N) is 2. The van der Waals surface area contributed by atoms with Gasteiger partial charge in [0.1, 0.15) is 0 Å². The minimum absolute atomic E-state index is 0.891. The average Bonchev–Trinajstić information content (AvgIpc) is 2.23. The van der Waals surface area contributed by atoms with Gasteiger partial charge in [-0.1, -0.05) is 6.92 Å². The third kappa shape index (κ3) is 4.94. The second-order valence-corrected chi connectivity index (χ2v) is 4.06. The SMILES string of the molecule is CCN1CCCOCCN(C)CCC1. The van der Waals surface area contributed by atoms with Crippen molar-refractivity contribution in [3.63, 3.8) is 0 Å². The molecule has 0 spiro atoms. The molecular weight excluding hydrogens is 176 g/mol. The highest BCUT2D eigenvalue weighted by Crippen LogP contribution is 1.98. The van der Waals surface area contributed by atoms with Gasteiger partial charge in [-0.05, 0) is 39.5 Å². The molecule has 0 N–H and O–H groups in total. The van der Waals surface area contributed by atoms with E-state index in [-0.39, 0.29) is 0 Å². The maximum atomic E-state index is 5.56. The Kier molecular flexibility index (Phi) is 6.15. The zero-order chi connectivity index (χ0) is 10.2. The van der Waals surface area contributed by atoms with Gasteiger partial charge in [-0.25, -0.2) is 0 Å². The van der Waals surface area contributed by atoms with Crippen LogP contribution in [0.3, 0.4) is 0 Å². The smallest absolute Gasteiger partial charge is 0.0593 e. The van der Waals surface area contributed by atoms with Crippen LogP contribution in [-0.2, 0) is 4.74 Å². The molecule has 1 fully saturated rings. The van der Waals surface area contributed by atoms with E-state index in [9.17, 15) is 0 Å². The van der Waals surface area contributed by atoms with Crippen LogP contribution in [0.15, 0.2) is 0 Å². The second-order valence-electron chi connectivity index (χ2n) is 4.06. The number of hydrogen-bond acceptors (Lipinski definition) is 3. The number of ether oxygens (including phenoxy) is 1. The monoisotopic (exact) mass is 200 g/mol. The van der Waals surface area contributed by atoms with E-state index in [0.717, 1.165) is 19.8 Å². The maximum absolute atomic E-state index is 5.56. The van der Waals surface area contributed by atoms with Gasteiger partial charge in [0.15, 0.2) is 0 Å². The second kappa shape index (κ2) is 7.21. The van der Waals surface area contributed by atoms with E-state index < -0.39 is 0 Å². The van der Waals surface area contributed by atoms with Crippen LogP contribution >= 0.6 is 0 Å². The van der Waals surface area contributed by atoms with Crippen LogP contribution in [0.5, 0.6) is 0 Å². The highest BCUT2D eigenvalue weighted by molar-refractivity contribution is 4.60. The summed E-state index contributed by atoms with van der Waals surface area (Å²) in [5.74, 6) is 0. The lowest BCUT2D eigenvalue weighted by Crippen LogP contribution is -2.29. The van der Waals surface area contributed by atoms with Gasteiger partial charge in [-0.3, -0.25) is 0 Å². The first-order chi connectivity index (χ1) is 6.83. The molecule has 0 aromatic carbocycles. The molecule has 1 rings (SSSR count). The summed E-state index contributed by atoms with van der Waals surface area (Å²) in [6.07, 6.45) is 2.46. The van der Waals surface area contributed by atoms with Gasteiger partial charge in [0.05, 0.1) is 6.61 Å². The molecule has 1 aliphatic heterocycles. The number of likely N-dealkylation sites (N-methyl/N-ethyl adjacent to an activating group) is 1. The van der Waals surface area contributed by atoms with Crippen LogP contribution in [0, 0.1) is 0 Å². The number of rotatable bonds is 1. The first kappa shape index (κ1) is 12.0. The predicted molar refractivity (Wildman–Crippen MR) is 59.7 cm³/mol. The molecular formula is C11H24N2O. The van der Waals surface area contributed by atoms with E-state index in [2.05, 4.69) is 23.8 Å². The van der Waals surface area contributed by atoms with Crippen LogP contribution in [0.25, 0.3) is 0 Å². The first-order valence-electron chi connectivity index (χ1n) is 5.81. The molecule has 3 nitrogen and oxygen atoms in total. The summed E-state index contributed by atoms with van der Waals surface area (Å²) < 4.78 is 5.56. The summed E-state index contributed by atoms with van der Waals surface area (Å²) in [4.78, 5) is 4.88. The summed E-state index contributed by atoms with van der Waals surface area (Å²) in [5.41, 5.74) is 0. The Balaban J connectivity index is 2.27. The summed E-state index contributed by atoms with van der Waals surface area (Å²) in [7, 11) is 2.18. The molecule has 0 aromatic heterocycles. The molecule has 0 unspecified atom stereocenters. The van der Waals surface area contributed by atoms with E-state index >= 15 is 0 Å².